The minimum Gasteiger partial charge on any atom is -0.324 e. The zero-order chi connectivity index (χ0) is 12.7. The van der Waals surface area contributed by atoms with E-state index in [1.54, 1.807) is 0 Å². The molecule has 3 heteroatoms. The van der Waals surface area contributed by atoms with Gasteiger partial charge in [-0.3, -0.25) is 0 Å². The van der Waals surface area contributed by atoms with Crippen molar-refractivity contribution in [1.82, 2.24) is 9.97 Å². The Morgan fingerprint density at radius 1 is 0.842 bits per heavy atom. The van der Waals surface area contributed by atoms with E-state index in [9.17, 15) is 0 Å². The summed E-state index contributed by atoms with van der Waals surface area (Å²) in [5.74, 6) is 2.12. The first-order chi connectivity index (χ1) is 9.38. The van der Waals surface area contributed by atoms with Gasteiger partial charge in [0.05, 0.1) is 0 Å². The molecule has 0 unspecified atom stereocenters. The fourth-order valence-electron chi connectivity index (χ4n) is 2.37. The molecule has 0 radical (unpaired) electrons. The molecule has 2 saturated carbocycles. The quantitative estimate of drug-likeness (QED) is 0.893. The molecule has 0 bridgehead atoms. The van der Waals surface area contributed by atoms with Crippen molar-refractivity contribution < 1.29 is 0 Å². The Morgan fingerprint density at radius 2 is 1.42 bits per heavy atom. The first kappa shape index (κ1) is 11.0. The van der Waals surface area contributed by atoms with E-state index in [0.29, 0.717) is 11.8 Å². The molecule has 96 valence electrons. The maximum atomic E-state index is 4.68. The second kappa shape index (κ2) is 4.34. The van der Waals surface area contributed by atoms with E-state index in [1.807, 2.05) is 30.3 Å². The van der Waals surface area contributed by atoms with Gasteiger partial charge in [-0.25, -0.2) is 9.97 Å². The van der Waals surface area contributed by atoms with E-state index in [1.165, 1.54) is 37.1 Å². The summed E-state index contributed by atoms with van der Waals surface area (Å²) in [7, 11) is 0. The predicted octanol–water partition coefficient (Wildman–Crippen LogP) is 3.98. The maximum Gasteiger partial charge on any atom is 0.227 e. The van der Waals surface area contributed by atoms with Crippen LogP contribution in [0.5, 0.6) is 0 Å². The average Bonchev–Trinajstić information content (AvgIpc) is 3.31. The van der Waals surface area contributed by atoms with Gasteiger partial charge in [0, 0.05) is 28.9 Å². The molecule has 2 aromatic rings. The van der Waals surface area contributed by atoms with Gasteiger partial charge in [0.25, 0.3) is 0 Å². The Bertz CT molecular complexity index is 556. The number of anilines is 2. The van der Waals surface area contributed by atoms with Gasteiger partial charge in [-0.1, -0.05) is 18.2 Å². The van der Waals surface area contributed by atoms with E-state index in [0.717, 1.165) is 11.6 Å². The molecule has 3 nitrogen and oxygen atoms in total. The zero-order valence-electron chi connectivity index (χ0n) is 10.8. The monoisotopic (exact) mass is 251 g/mol. The standard InChI is InChI=1S/C16H17N3/c1-2-4-13(5-3-1)17-16-18-14(11-6-7-11)10-15(19-16)12-8-9-12/h1-5,10-12H,6-9H2,(H,17,18,19). The van der Waals surface area contributed by atoms with Crippen LogP contribution in [0.4, 0.5) is 11.6 Å². The predicted molar refractivity (Wildman–Crippen MR) is 75.7 cm³/mol. The highest BCUT2D eigenvalue weighted by atomic mass is 15.1. The molecule has 1 aromatic heterocycles. The maximum absolute atomic E-state index is 4.68. The van der Waals surface area contributed by atoms with Crippen molar-refractivity contribution in [1.29, 1.82) is 0 Å². The lowest BCUT2D eigenvalue weighted by atomic mass is 10.2. The average molecular weight is 251 g/mol. The van der Waals surface area contributed by atoms with Crippen molar-refractivity contribution in [3.05, 3.63) is 47.8 Å². The summed E-state index contributed by atoms with van der Waals surface area (Å²) in [6.07, 6.45) is 5.13. The van der Waals surface area contributed by atoms with Crippen molar-refractivity contribution in [2.45, 2.75) is 37.5 Å². The Kier molecular flexibility index (Phi) is 2.50. The summed E-state index contributed by atoms with van der Waals surface area (Å²) in [5, 5.41) is 3.33. The van der Waals surface area contributed by atoms with Crippen LogP contribution in [-0.2, 0) is 0 Å². The summed E-state index contributed by atoms with van der Waals surface area (Å²) in [6.45, 7) is 0. The highest BCUT2D eigenvalue weighted by molar-refractivity contribution is 5.53. The van der Waals surface area contributed by atoms with Crippen LogP contribution in [0.15, 0.2) is 36.4 Å². The summed E-state index contributed by atoms with van der Waals surface area (Å²) in [4.78, 5) is 9.36. The molecular formula is C16H17N3. The number of hydrogen-bond acceptors (Lipinski definition) is 3. The second-order valence-corrected chi connectivity index (χ2v) is 5.58. The number of nitrogens with one attached hydrogen (secondary N) is 1. The lowest BCUT2D eigenvalue weighted by Crippen LogP contribution is -2.02. The van der Waals surface area contributed by atoms with Crippen molar-refractivity contribution in [3.8, 4) is 0 Å². The number of nitrogens with zero attached hydrogens (tertiary/aromatic N) is 2. The number of benzene rings is 1. The molecule has 0 saturated heterocycles. The molecular weight excluding hydrogens is 234 g/mol. The molecule has 2 aliphatic carbocycles. The van der Waals surface area contributed by atoms with Crippen LogP contribution in [-0.4, -0.2) is 9.97 Å². The normalized spacial score (nSPS) is 18.3. The van der Waals surface area contributed by atoms with Crippen LogP contribution >= 0.6 is 0 Å². The van der Waals surface area contributed by atoms with Gasteiger partial charge in [-0.2, -0.15) is 0 Å². The van der Waals surface area contributed by atoms with Gasteiger partial charge < -0.3 is 5.32 Å². The summed E-state index contributed by atoms with van der Waals surface area (Å²) in [6, 6.07) is 12.4. The smallest absolute Gasteiger partial charge is 0.227 e. The first-order valence-corrected chi connectivity index (χ1v) is 7.09. The highest BCUT2D eigenvalue weighted by Crippen LogP contribution is 2.43. The van der Waals surface area contributed by atoms with Crippen LogP contribution in [0.1, 0.15) is 48.9 Å². The van der Waals surface area contributed by atoms with Crippen LogP contribution in [0, 0.1) is 0 Å². The topological polar surface area (TPSA) is 37.8 Å². The van der Waals surface area contributed by atoms with Gasteiger partial charge in [-0.05, 0) is 43.9 Å². The van der Waals surface area contributed by atoms with Crippen LogP contribution in [0.3, 0.4) is 0 Å². The Hall–Kier alpha value is -1.90. The fourth-order valence-corrected chi connectivity index (χ4v) is 2.37. The molecule has 1 heterocycles. The highest BCUT2D eigenvalue weighted by Gasteiger charge is 2.30. The van der Waals surface area contributed by atoms with Gasteiger partial charge in [0.1, 0.15) is 0 Å². The van der Waals surface area contributed by atoms with E-state index in [-0.39, 0.29) is 0 Å². The van der Waals surface area contributed by atoms with Crippen LogP contribution in [0.25, 0.3) is 0 Å². The SMILES string of the molecule is c1ccc(Nc2nc(C3CC3)cc(C3CC3)n2)cc1. The largest absolute Gasteiger partial charge is 0.324 e. The third-order valence-corrected chi connectivity index (χ3v) is 3.79. The molecule has 0 atom stereocenters. The molecule has 0 spiro atoms. The second-order valence-electron chi connectivity index (χ2n) is 5.58. The van der Waals surface area contributed by atoms with Crippen molar-refractivity contribution in [2.24, 2.45) is 0 Å². The van der Waals surface area contributed by atoms with E-state index in [4.69, 9.17) is 0 Å². The molecule has 2 fully saturated rings. The van der Waals surface area contributed by atoms with Crippen LogP contribution < -0.4 is 5.32 Å². The molecule has 1 aromatic carbocycles. The minimum absolute atomic E-state index is 0.678. The van der Waals surface area contributed by atoms with Crippen LogP contribution in [0.2, 0.25) is 0 Å². The molecule has 19 heavy (non-hydrogen) atoms. The van der Waals surface area contributed by atoms with Crippen molar-refractivity contribution >= 4 is 11.6 Å². The lowest BCUT2D eigenvalue weighted by molar-refractivity contribution is 0.929. The third kappa shape index (κ3) is 2.46. The third-order valence-electron chi connectivity index (χ3n) is 3.79. The van der Waals surface area contributed by atoms with Crippen molar-refractivity contribution in [3.63, 3.8) is 0 Å². The molecule has 1 N–H and O–H groups in total. The van der Waals surface area contributed by atoms with E-state index in [2.05, 4.69) is 21.4 Å². The molecule has 0 amide bonds. The summed E-state index contributed by atoms with van der Waals surface area (Å²) < 4.78 is 0. The summed E-state index contributed by atoms with van der Waals surface area (Å²) >= 11 is 0. The van der Waals surface area contributed by atoms with Gasteiger partial charge >= 0.3 is 0 Å². The van der Waals surface area contributed by atoms with Gasteiger partial charge in [0.2, 0.25) is 5.95 Å². The first-order valence-electron chi connectivity index (χ1n) is 7.09. The number of hydrogen-bond donors (Lipinski definition) is 1. The van der Waals surface area contributed by atoms with Crippen molar-refractivity contribution in [2.75, 3.05) is 5.32 Å². The molecule has 0 aliphatic heterocycles. The Balaban J connectivity index is 1.66. The number of rotatable bonds is 4. The number of para-hydroxylation sites is 1. The minimum atomic E-state index is 0.678. The fraction of sp³-hybridized carbons (Fsp3) is 0.375. The lowest BCUT2D eigenvalue weighted by Gasteiger charge is -2.09. The Labute approximate surface area is 113 Å². The number of aromatic nitrogens is 2. The molecule has 4 rings (SSSR count). The molecule has 2 aliphatic rings. The Morgan fingerprint density at radius 3 is 1.95 bits per heavy atom. The van der Waals surface area contributed by atoms with E-state index < -0.39 is 0 Å². The van der Waals surface area contributed by atoms with E-state index >= 15 is 0 Å². The van der Waals surface area contributed by atoms with Gasteiger partial charge in [0.15, 0.2) is 0 Å². The summed E-state index contributed by atoms with van der Waals surface area (Å²) in [5.41, 5.74) is 3.52. The zero-order valence-corrected chi connectivity index (χ0v) is 10.8. The van der Waals surface area contributed by atoms with Gasteiger partial charge in [-0.15, -0.1) is 0 Å².